The van der Waals surface area contributed by atoms with E-state index in [0.717, 1.165) is 17.1 Å². The Morgan fingerprint density at radius 1 is 0.900 bits per heavy atom. The van der Waals surface area contributed by atoms with Gasteiger partial charge in [0, 0.05) is 0 Å². The van der Waals surface area contributed by atoms with Gasteiger partial charge in [0.05, 0.1) is 6.54 Å². The highest BCUT2D eigenvalue weighted by molar-refractivity contribution is 5.34. The first kappa shape index (κ1) is 12.2. The molecular formula is C15H14N4O. The zero-order valence-corrected chi connectivity index (χ0v) is 10.8. The maximum absolute atomic E-state index is 5.80. The zero-order valence-electron chi connectivity index (χ0n) is 10.8. The molecule has 100 valence electrons. The highest BCUT2D eigenvalue weighted by Gasteiger charge is 1.99. The maximum atomic E-state index is 5.80. The van der Waals surface area contributed by atoms with Gasteiger partial charge in [-0.15, -0.1) is 10.2 Å². The minimum atomic E-state index is 0.671. The van der Waals surface area contributed by atoms with Crippen LogP contribution in [0.3, 0.4) is 0 Å². The summed E-state index contributed by atoms with van der Waals surface area (Å²) in [5.74, 6) is 1.65. The summed E-state index contributed by atoms with van der Waals surface area (Å²) in [5, 5.41) is 7.47. The van der Waals surface area contributed by atoms with Crippen molar-refractivity contribution in [2.24, 2.45) is 0 Å². The summed E-state index contributed by atoms with van der Waals surface area (Å²) in [6.45, 7) is 0.671. The summed E-state index contributed by atoms with van der Waals surface area (Å²) in [6.07, 6.45) is 3.23. The van der Waals surface area contributed by atoms with Crippen LogP contribution in [0.5, 0.6) is 11.5 Å². The van der Waals surface area contributed by atoms with Crippen molar-refractivity contribution < 1.29 is 4.74 Å². The van der Waals surface area contributed by atoms with E-state index in [9.17, 15) is 0 Å². The summed E-state index contributed by atoms with van der Waals surface area (Å²) in [4.78, 5) is 0. The lowest BCUT2D eigenvalue weighted by Gasteiger charge is -2.09. The number of ether oxygens (including phenoxy) is 1. The zero-order chi connectivity index (χ0) is 13.6. The molecule has 0 aliphatic rings. The second-order valence-corrected chi connectivity index (χ2v) is 4.27. The van der Waals surface area contributed by atoms with Gasteiger partial charge in [0.15, 0.2) is 0 Å². The third-order valence-corrected chi connectivity index (χ3v) is 2.76. The normalized spacial score (nSPS) is 10.2. The molecule has 0 amide bonds. The molecule has 5 heteroatoms. The summed E-state index contributed by atoms with van der Waals surface area (Å²) >= 11 is 0. The van der Waals surface area contributed by atoms with Crippen LogP contribution in [-0.2, 0) is 6.54 Å². The molecule has 0 unspecified atom stereocenters. The van der Waals surface area contributed by atoms with Crippen molar-refractivity contribution in [2.75, 3.05) is 5.43 Å². The van der Waals surface area contributed by atoms with Crippen molar-refractivity contribution in [2.45, 2.75) is 6.54 Å². The second kappa shape index (κ2) is 5.88. The van der Waals surface area contributed by atoms with Crippen molar-refractivity contribution in [3.63, 3.8) is 0 Å². The predicted octanol–water partition coefficient (Wildman–Crippen LogP) is 2.81. The number of rotatable bonds is 5. The Kier molecular flexibility index (Phi) is 3.59. The number of nitrogens with zero attached hydrogens (tertiary/aromatic N) is 3. The fourth-order valence-corrected chi connectivity index (χ4v) is 1.81. The van der Waals surface area contributed by atoms with Crippen LogP contribution in [0.1, 0.15) is 5.56 Å². The van der Waals surface area contributed by atoms with E-state index >= 15 is 0 Å². The van der Waals surface area contributed by atoms with Crippen LogP contribution in [0.4, 0.5) is 0 Å². The number of aromatic nitrogens is 3. The van der Waals surface area contributed by atoms with Gasteiger partial charge in [-0.05, 0) is 29.8 Å². The van der Waals surface area contributed by atoms with Crippen LogP contribution in [-0.4, -0.2) is 14.9 Å². The van der Waals surface area contributed by atoms with Gasteiger partial charge in [0.1, 0.15) is 24.2 Å². The van der Waals surface area contributed by atoms with Crippen LogP contribution in [0.25, 0.3) is 0 Å². The van der Waals surface area contributed by atoms with E-state index in [0.29, 0.717) is 6.54 Å². The van der Waals surface area contributed by atoms with E-state index in [1.165, 1.54) is 0 Å². The average molecular weight is 266 g/mol. The smallest absolute Gasteiger partial charge is 0.138 e. The summed E-state index contributed by atoms with van der Waals surface area (Å²) in [5.41, 5.74) is 4.29. The lowest BCUT2D eigenvalue weighted by atomic mass is 10.2. The van der Waals surface area contributed by atoms with Gasteiger partial charge in [-0.2, -0.15) is 0 Å². The third kappa shape index (κ3) is 3.14. The summed E-state index contributed by atoms with van der Waals surface area (Å²) in [7, 11) is 0. The molecule has 3 aromatic rings. The Balaban J connectivity index is 1.66. The van der Waals surface area contributed by atoms with Crippen molar-refractivity contribution in [1.29, 1.82) is 0 Å². The van der Waals surface area contributed by atoms with E-state index in [-0.39, 0.29) is 0 Å². The molecule has 1 aromatic heterocycles. The molecular weight excluding hydrogens is 252 g/mol. The highest BCUT2D eigenvalue weighted by atomic mass is 16.5. The molecule has 0 saturated heterocycles. The van der Waals surface area contributed by atoms with Crippen molar-refractivity contribution >= 4 is 0 Å². The highest BCUT2D eigenvalue weighted by Crippen LogP contribution is 2.21. The molecule has 0 spiro atoms. The SMILES string of the molecule is c1ccc(Oc2cccc(CNn3cnnc3)c2)cc1. The minimum Gasteiger partial charge on any atom is -0.457 e. The van der Waals surface area contributed by atoms with Gasteiger partial charge in [0.2, 0.25) is 0 Å². The first-order chi connectivity index (χ1) is 9.90. The lowest BCUT2D eigenvalue weighted by molar-refractivity contribution is 0.482. The van der Waals surface area contributed by atoms with E-state index < -0.39 is 0 Å². The molecule has 0 aliphatic carbocycles. The number of hydrogen-bond donors (Lipinski definition) is 1. The van der Waals surface area contributed by atoms with Gasteiger partial charge >= 0.3 is 0 Å². The molecule has 0 radical (unpaired) electrons. The van der Waals surface area contributed by atoms with Crippen LogP contribution in [0, 0.1) is 0 Å². The maximum Gasteiger partial charge on any atom is 0.138 e. The van der Waals surface area contributed by atoms with Gasteiger partial charge in [-0.25, -0.2) is 4.68 Å². The molecule has 0 saturated carbocycles. The standard InChI is InChI=1S/C15H14N4O/c1-2-6-14(7-3-1)20-15-8-4-5-13(9-15)10-18-19-11-16-17-12-19/h1-9,11-12,18H,10H2. The van der Waals surface area contributed by atoms with Crippen molar-refractivity contribution in [1.82, 2.24) is 14.9 Å². The monoisotopic (exact) mass is 266 g/mol. The minimum absolute atomic E-state index is 0.671. The predicted molar refractivity (Wildman–Crippen MR) is 76.0 cm³/mol. The largest absolute Gasteiger partial charge is 0.457 e. The lowest BCUT2D eigenvalue weighted by Crippen LogP contribution is -2.11. The van der Waals surface area contributed by atoms with E-state index in [1.54, 1.807) is 17.3 Å². The fraction of sp³-hybridized carbons (Fsp3) is 0.0667. The molecule has 3 rings (SSSR count). The number of benzene rings is 2. The Morgan fingerprint density at radius 3 is 2.45 bits per heavy atom. The van der Waals surface area contributed by atoms with Crippen LogP contribution < -0.4 is 10.2 Å². The van der Waals surface area contributed by atoms with E-state index in [4.69, 9.17) is 4.74 Å². The topological polar surface area (TPSA) is 52.0 Å². The molecule has 1 N–H and O–H groups in total. The number of hydrogen-bond acceptors (Lipinski definition) is 4. The van der Waals surface area contributed by atoms with Gasteiger partial charge in [-0.3, -0.25) is 0 Å². The van der Waals surface area contributed by atoms with E-state index in [1.807, 2.05) is 54.6 Å². The Labute approximate surface area is 116 Å². The Morgan fingerprint density at radius 2 is 1.65 bits per heavy atom. The van der Waals surface area contributed by atoms with Crippen molar-refractivity contribution in [3.05, 3.63) is 72.8 Å². The van der Waals surface area contributed by atoms with Crippen molar-refractivity contribution in [3.8, 4) is 11.5 Å². The van der Waals surface area contributed by atoms with Crippen LogP contribution in [0.15, 0.2) is 67.3 Å². The van der Waals surface area contributed by atoms with Gasteiger partial charge < -0.3 is 10.2 Å². The summed E-state index contributed by atoms with van der Waals surface area (Å²) in [6, 6.07) is 17.7. The summed E-state index contributed by atoms with van der Waals surface area (Å²) < 4.78 is 7.51. The molecule has 0 aliphatic heterocycles. The first-order valence-corrected chi connectivity index (χ1v) is 6.30. The quantitative estimate of drug-likeness (QED) is 0.771. The van der Waals surface area contributed by atoms with E-state index in [2.05, 4.69) is 15.6 Å². The molecule has 0 fully saturated rings. The van der Waals surface area contributed by atoms with Gasteiger partial charge in [-0.1, -0.05) is 30.3 Å². The fourth-order valence-electron chi connectivity index (χ4n) is 1.81. The Hall–Kier alpha value is -2.82. The molecule has 0 bridgehead atoms. The first-order valence-electron chi connectivity index (χ1n) is 6.30. The Bertz CT molecular complexity index is 653. The number of nitrogens with one attached hydrogen (secondary N) is 1. The third-order valence-electron chi connectivity index (χ3n) is 2.76. The second-order valence-electron chi connectivity index (χ2n) is 4.27. The van der Waals surface area contributed by atoms with Crippen LogP contribution in [0.2, 0.25) is 0 Å². The number of para-hydroxylation sites is 1. The molecule has 2 aromatic carbocycles. The molecule has 20 heavy (non-hydrogen) atoms. The molecule has 5 nitrogen and oxygen atoms in total. The average Bonchev–Trinajstić information content (AvgIpc) is 3.00. The molecule has 1 heterocycles. The van der Waals surface area contributed by atoms with Gasteiger partial charge in [0.25, 0.3) is 0 Å². The molecule has 0 atom stereocenters. The van der Waals surface area contributed by atoms with Crippen LogP contribution >= 0.6 is 0 Å².